The smallest absolute Gasteiger partial charge is 0.240 e. The molecule has 1 fully saturated rings. The van der Waals surface area contributed by atoms with Gasteiger partial charge in [-0.2, -0.15) is 0 Å². The predicted octanol–water partition coefficient (Wildman–Crippen LogP) is 0.476. The quantitative estimate of drug-likeness (QED) is 0.784. The number of amides is 3. The van der Waals surface area contributed by atoms with E-state index in [1.54, 1.807) is 12.3 Å². The molecule has 1 aromatic rings. The summed E-state index contributed by atoms with van der Waals surface area (Å²) >= 11 is 0. The van der Waals surface area contributed by atoms with Crippen LogP contribution in [0, 0.1) is 0 Å². The van der Waals surface area contributed by atoms with Gasteiger partial charge < -0.3 is 9.73 Å². The average molecular weight is 264 g/mol. The number of furan rings is 1. The number of nitrogens with one attached hydrogen (secondary N) is 1. The van der Waals surface area contributed by atoms with Gasteiger partial charge in [0.15, 0.2) is 0 Å². The van der Waals surface area contributed by atoms with Crippen LogP contribution < -0.4 is 5.32 Å². The van der Waals surface area contributed by atoms with Gasteiger partial charge in [-0.3, -0.25) is 19.3 Å². The van der Waals surface area contributed by atoms with E-state index in [-0.39, 0.29) is 43.1 Å². The van der Waals surface area contributed by atoms with E-state index in [1.165, 1.54) is 0 Å². The zero-order chi connectivity index (χ0) is 13.8. The molecule has 0 bridgehead atoms. The third-order valence-corrected chi connectivity index (χ3v) is 2.95. The van der Waals surface area contributed by atoms with Gasteiger partial charge in [0.1, 0.15) is 12.3 Å². The number of likely N-dealkylation sites (tertiary alicyclic amines) is 1. The Balaban J connectivity index is 1.80. The van der Waals surface area contributed by atoms with Gasteiger partial charge in [0, 0.05) is 25.3 Å². The fourth-order valence-corrected chi connectivity index (χ4v) is 2.04. The van der Waals surface area contributed by atoms with Crippen molar-refractivity contribution in [2.24, 2.45) is 0 Å². The molecule has 102 valence electrons. The maximum absolute atomic E-state index is 11.7. The zero-order valence-electron chi connectivity index (χ0n) is 10.7. The van der Waals surface area contributed by atoms with Crippen LogP contribution >= 0.6 is 0 Å². The van der Waals surface area contributed by atoms with Crippen molar-refractivity contribution in [1.29, 1.82) is 0 Å². The first-order valence-electron chi connectivity index (χ1n) is 6.21. The highest BCUT2D eigenvalue weighted by Gasteiger charge is 2.30. The molecule has 0 radical (unpaired) electrons. The Kier molecular flexibility index (Phi) is 3.99. The molecule has 2 rings (SSSR count). The van der Waals surface area contributed by atoms with Crippen molar-refractivity contribution in [3.8, 4) is 0 Å². The van der Waals surface area contributed by atoms with Crippen molar-refractivity contribution in [2.45, 2.75) is 32.2 Å². The van der Waals surface area contributed by atoms with Gasteiger partial charge in [-0.25, -0.2) is 0 Å². The molecular formula is C13H16N2O4. The minimum Gasteiger partial charge on any atom is -0.469 e. The molecule has 2 heterocycles. The average Bonchev–Trinajstić information content (AvgIpc) is 2.94. The maximum atomic E-state index is 11.7. The van der Waals surface area contributed by atoms with Crippen LogP contribution in [0.4, 0.5) is 0 Å². The number of carbonyl (C=O) groups excluding carboxylic acids is 3. The molecule has 6 heteroatoms. The Morgan fingerprint density at radius 2 is 2.11 bits per heavy atom. The SMILES string of the molecule is C[C@@H](Cc1ccco1)NC(=O)CN1C(=O)CCC1=O. The third-order valence-electron chi connectivity index (χ3n) is 2.95. The molecular weight excluding hydrogens is 248 g/mol. The van der Waals surface area contributed by atoms with Crippen LogP contribution in [0.3, 0.4) is 0 Å². The van der Waals surface area contributed by atoms with E-state index < -0.39 is 0 Å². The van der Waals surface area contributed by atoms with Gasteiger partial charge in [0.25, 0.3) is 0 Å². The molecule has 0 aromatic carbocycles. The van der Waals surface area contributed by atoms with Crippen molar-refractivity contribution < 1.29 is 18.8 Å². The number of imide groups is 1. The normalized spacial score (nSPS) is 16.8. The van der Waals surface area contributed by atoms with Gasteiger partial charge in [-0.05, 0) is 19.1 Å². The molecule has 19 heavy (non-hydrogen) atoms. The first-order chi connectivity index (χ1) is 9.06. The molecule has 1 N–H and O–H groups in total. The lowest BCUT2D eigenvalue weighted by molar-refractivity contribution is -0.142. The van der Waals surface area contributed by atoms with Gasteiger partial charge >= 0.3 is 0 Å². The topological polar surface area (TPSA) is 79.6 Å². The van der Waals surface area contributed by atoms with Gasteiger partial charge in [0.05, 0.1) is 6.26 Å². The highest BCUT2D eigenvalue weighted by Crippen LogP contribution is 2.11. The van der Waals surface area contributed by atoms with E-state index in [0.717, 1.165) is 10.7 Å². The van der Waals surface area contributed by atoms with Crippen LogP contribution in [0.15, 0.2) is 22.8 Å². The van der Waals surface area contributed by atoms with E-state index in [2.05, 4.69) is 5.32 Å². The summed E-state index contributed by atoms with van der Waals surface area (Å²) in [7, 11) is 0. The second kappa shape index (κ2) is 5.69. The fourth-order valence-electron chi connectivity index (χ4n) is 2.04. The van der Waals surface area contributed by atoms with E-state index in [0.29, 0.717) is 6.42 Å². The lowest BCUT2D eigenvalue weighted by atomic mass is 10.2. The van der Waals surface area contributed by atoms with Crippen molar-refractivity contribution in [3.05, 3.63) is 24.2 Å². The highest BCUT2D eigenvalue weighted by atomic mass is 16.3. The lowest BCUT2D eigenvalue weighted by Gasteiger charge is -2.16. The summed E-state index contributed by atoms with van der Waals surface area (Å²) in [5, 5.41) is 2.74. The minimum atomic E-state index is -0.331. The number of hydrogen-bond donors (Lipinski definition) is 1. The minimum absolute atomic E-state index is 0.119. The van der Waals surface area contributed by atoms with E-state index >= 15 is 0 Å². The standard InChI is InChI=1S/C13H16N2O4/c1-9(7-10-3-2-6-19-10)14-11(16)8-15-12(17)4-5-13(15)18/h2-3,6,9H,4-5,7-8H2,1H3,(H,14,16)/t9-/m0/s1. The second-order valence-electron chi connectivity index (χ2n) is 4.63. The van der Waals surface area contributed by atoms with Gasteiger partial charge in [-0.15, -0.1) is 0 Å². The largest absolute Gasteiger partial charge is 0.469 e. The summed E-state index contributed by atoms with van der Waals surface area (Å²) < 4.78 is 5.18. The van der Waals surface area contributed by atoms with Crippen LogP contribution in [0.2, 0.25) is 0 Å². The summed E-state index contributed by atoms with van der Waals surface area (Å²) in [6.45, 7) is 1.65. The summed E-state index contributed by atoms with van der Waals surface area (Å²) in [6.07, 6.45) is 2.55. The third kappa shape index (κ3) is 3.43. The molecule has 0 aliphatic carbocycles. The van der Waals surface area contributed by atoms with Gasteiger partial charge in [-0.1, -0.05) is 0 Å². The van der Waals surface area contributed by atoms with E-state index in [4.69, 9.17) is 4.42 Å². The van der Waals surface area contributed by atoms with E-state index in [9.17, 15) is 14.4 Å². The molecule has 1 saturated heterocycles. The Hall–Kier alpha value is -2.11. The van der Waals surface area contributed by atoms with Crippen molar-refractivity contribution >= 4 is 17.7 Å². The molecule has 0 spiro atoms. The number of hydrogen-bond acceptors (Lipinski definition) is 4. The molecule has 0 saturated carbocycles. The first kappa shape index (κ1) is 13.3. The van der Waals surface area contributed by atoms with Crippen LogP contribution in [0.25, 0.3) is 0 Å². The number of nitrogens with zero attached hydrogens (tertiary/aromatic N) is 1. The summed E-state index contributed by atoms with van der Waals surface area (Å²) in [6, 6.07) is 3.49. The first-order valence-corrected chi connectivity index (χ1v) is 6.21. The molecule has 1 aliphatic heterocycles. The molecule has 1 aromatic heterocycles. The van der Waals surface area contributed by atoms with Crippen LogP contribution in [0.1, 0.15) is 25.5 Å². The fraction of sp³-hybridized carbons (Fsp3) is 0.462. The molecule has 0 unspecified atom stereocenters. The Bertz CT molecular complexity index is 465. The molecule has 1 aliphatic rings. The zero-order valence-corrected chi connectivity index (χ0v) is 10.7. The lowest BCUT2D eigenvalue weighted by Crippen LogP contribution is -2.43. The van der Waals surface area contributed by atoms with Crippen molar-refractivity contribution in [1.82, 2.24) is 10.2 Å². The Morgan fingerprint density at radius 3 is 2.68 bits per heavy atom. The monoisotopic (exact) mass is 264 g/mol. The summed E-state index contributed by atoms with van der Waals surface area (Å²) in [5.74, 6) is -0.110. The van der Waals surface area contributed by atoms with Crippen LogP contribution in [0.5, 0.6) is 0 Å². The summed E-state index contributed by atoms with van der Waals surface area (Å²) in [5.41, 5.74) is 0. The van der Waals surface area contributed by atoms with Gasteiger partial charge in [0.2, 0.25) is 17.7 Å². The summed E-state index contributed by atoms with van der Waals surface area (Å²) in [4.78, 5) is 35.5. The number of carbonyl (C=O) groups is 3. The van der Waals surface area contributed by atoms with E-state index in [1.807, 2.05) is 13.0 Å². The highest BCUT2D eigenvalue weighted by molar-refractivity contribution is 6.04. The Morgan fingerprint density at radius 1 is 1.42 bits per heavy atom. The Labute approximate surface area is 110 Å². The van der Waals surface area contributed by atoms with Crippen molar-refractivity contribution in [2.75, 3.05) is 6.54 Å². The maximum Gasteiger partial charge on any atom is 0.240 e. The van der Waals surface area contributed by atoms with Crippen LogP contribution in [-0.4, -0.2) is 35.2 Å². The van der Waals surface area contributed by atoms with Crippen LogP contribution in [-0.2, 0) is 20.8 Å². The molecule has 1 atom stereocenters. The molecule has 3 amide bonds. The van der Waals surface area contributed by atoms with Crippen molar-refractivity contribution in [3.63, 3.8) is 0 Å². The second-order valence-corrected chi connectivity index (χ2v) is 4.63. The predicted molar refractivity (Wildman–Crippen MR) is 66.0 cm³/mol. The number of rotatable bonds is 5. The molecule has 6 nitrogen and oxygen atoms in total.